The fourth-order valence-electron chi connectivity index (χ4n) is 3.69. The van der Waals surface area contributed by atoms with E-state index in [2.05, 4.69) is 26.8 Å². The van der Waals surface area contributed by atoms with E-state index in [1.54, 1.807) is 0 Å². The molecule has 23 heavy (non-hydrogen) atoms. The van der Waals surface area contributed by atoms with Crippen molar-refractivity contribution < 1.29 is 5.11 Å². The van der Waals surface area contributed by atoms with Crippen molar-refractivity contribution in [3.05, 3.63) is 29.3 Å². The maximum Gasteiger partial charge on any atom is 0.0471 e. The molecule has 1 N–H and O–H groups in total. The van der Waals surface area contributed by atoms with Gasteiger partial charge in [-0.05, 0) is 56.6 Å². The molecule has 1 aromatic rings. The highest BCUT2D eigenvalue weighted by Gasteiger charge is 2.22. The summed E-state index contributed by atoms with van der Waals surface area (Å²) in [5.74, 6) is 0.510. The third kappa shape index (κ3) is 4.83. The van der Waals surface area contributed by atoms with E-state index in [-0.39, 0.29) is 0 Å². The summed E-state index contributed by atoms with van der Waals surface area (Å²) in [6.45, 7) is 9.37. The number of aliphatic hydroxyl groups is 1. The normalized spacial score (nSPS) is 23.6. The second-order valence-electron chi connectivity index (χ2n) is 6.80. The van der Waals surface area contributed by atoms with Crippen LogP contribution in [0.4, 0.5) is 5.69 Å². The van der Waals surface area contributed by atoms with Gasteiger partial charge < -0.3 is 14.9 Å². The number of hydrogen-bond acceptors (Lipinski definition) is 4. The maximum atomic E-state index is 9.20. The molecular weight excluding hydrogens is 310 g/mol. The van der Waals surface area contributed by atoms with Crippen LogP contribution >= 0.6 is 11.6 Å². The number of rotatable bonds is 6. The van der Waals surface area contributed by atoms with Crippen molar-refractivity contribution >= 4 is 17.3 Å². The number of anilines is 1. The van der Waals surface area contributed by atoms with Gasteiger partial charge in [-0.15, -0.1) is 0 Å². The molecule has 0 bridgehead atoms. The first-order valence-corrected chi connectivity index (χ1v) is 9.18. The summed E-state index contributed by atoms with van der Waals surface area (Å²) in [7, 11) is 0. The molecule has 3 rings (SSSR count). The molecule has 2 aliphatic rings. The van der Waals surface area contributed by atoms with Gasteiger partial charge in [0.15, 0.2) is 0 Å². The van der Waals surface area contributed by atoms with Crippen LogP contribution in [0.5, 0.6) is 0 Å². The fourth-order valence-corrected chi connectivity index (χ4v) is 3.87. The zero-order chi connectivity index (χ0) is 16.1. The van der Waals surface area contributed by atoms with Crippen LogP contribution < -0.4 is 4.90 Å². The quantitative estimate of drug-likeness (QED) is 0.861. The maximum absolute atomic E-state index is 9.20. The van der Waals surface area contributed by atoms with Gasteiger partial charge in [-0.2, -0.15) is 0 Å². The lowest BCUT2D eigenvalue weighted by atomic mass is 10.1. The van der Waals surface area contributed by atoms with Gasteiger partial charge in [0.25, 0.3) is 0 Å². The average molecular weight is 338 g/mol. The van der Waals surface area contributed by atoms with Gasteiger partial charge in [0.05, 0.1) is 0 Å². The number of aliphatic hydroxyl groups excluding tert-OH is 1. The monoisotopic (exact) mass is 337 g/mol. The van der Waals surface area contributed by atoms with Crippen molar-refractivity contribution in [1.29, 1.82) is 0 Å². The molecule has 0 amide bonds. The van der Waals surface area contributed by atoms with Gasteiger partial charge >= 0.3 is 0 Å². The zero-order valence-electron chi connectivity index (χ0n) is 13.8. The summed E-state index contributed by atoms with van der Waals surface area (Å²) < 4.78 is 0. The Kier molecular flexibility index (Phi) is 6.17. The molecule has 4 nitrogen and oxygen atoms in total. The Morgan fingerprint density at radius 3 is 2.52 bits per heavy atom. The number of halogens is 1. The number of nitrogens with zero attached hydrogens (tertiary/aromatic N) is 3. The second kappa shape index (κ2) is 8.34. The van der Waals surface area contributed by atoms with Gasteiger partial charge in [0.1, 0.15) is 0 Å². The lowest BCUT2D eigenvalue weighted by molar-refractivity contribution is 0.211. The molecule has 1 atom stereocenters. The summed E-state index contributed by atoms with van der Waals surface area (Å²) in [5.41, 5.74) is 1.24. The van der Waals surface area contributed by atoms with Gasteiger partial charge in [0, 0.05) is 50.0 Å². The molecule has 0 aliphatic carbocycles. The smallest absolute Gasteiger partial charge is 0.0471 e. The van der Waals surface area contributed by atoms with E-state index in [1.807, 2.05) is 12.1 Å². The third-order valence-electron chi connectivity index (χ3n) is 5.12. The zero-order valence-corrected chi connectivity index (χ0v) is 14.6. The molecule has 2 fully saturated rings. The van der Waals surface area contributed by atoms with Crippen LogP contribution in [0, 0.1) is 5.92 Å². The molecular formula is C18H28ClN3O. The first-order chi connectivity index (χ1) is 11.2. The van der Waals surface area contributed by atoms with Crippen LogP contribution in [0.25, 0.3) is 0 Å². The van der Waals surface area contributed by atoms with Crippen molar-refractivity contribution in [1.82, 2.24) is 9.80 Å². The van der Waals surface area contributed by atoms with Crippen molar-refractivity contribution in [2.75, 3.05) is 63.9 Å². The molecule has 2 heterocycles. The molecule has 0 radical (unpaired) electrons. The van der Waals surface area contributed by atoms with Gasteiger partial charge in [-0.3, -0.25) is 4.90 Å². The van der Waals surface area contributed by atoms with Crippen LogP contribution in [0.15, 0.2) is 24.3 Å². The number of benzene rings is 1. The molecule has 2 aliphatic heterocycles. The summed E-state index contributed by atoms with van der Waals surface area (Å²) in [6, 6.07) is 8.16. The second-order valence-corrected chi connectivity index (χ2v) is 7.24. The molecule has 0 unspecified atom stereocenters. The fraction of sp³-hybridized carbons (Fsp3) is 0.667. The van der Waals surface area contributed by atoms with E-state index >= 15 is 0 Å². The standard InChI is InChI=1S/C18H28ClN3O/c19-17-3-1-4-18(13-17)22-11-9-20(10-12-22)6-2-7-21-8-5-16(14-21)15-23/h1,3-4,13,16,23H,2,5-12,14-15H2/t16-/m1/s1. The highest BCUT2D eigenvalue weighted by atomic mass is 35.5. The van der Waals surface area contributed by atoms with Crippen molar-refractivity contribution in [2.24, 2.45) is 5.92 Å². The Labute approximate surface area is 144 Å². The Hall–Kier alpha value is -0.810. The van der Waals surface area contributed by atoms with Gasteiger partial charge in [0.2, 0.25) is 0 Å². The largest absolute Gasteiger partial charge is 0.396 e. The van der Waals surface area contributed by atoms with E-state index in [0.717, 1.165) is 50.7 Å². The number of likely N-dealkylation sites (tertiary alicyclic amines) is 1. The molecule has 0 aromatic heterocycles. The first kappa shape index (κ1) is 17.0. The van der Waals surface area contributed by atoms with Gasteiger partial charge in [-0.1, -0.05) is 17.7 Å². The average Bonchev–Trinajstić information content (AvgIpc) is 3.03. The van der Waals surface area contributed by atoms with Crippen LogP contribution in [-0.2, 0) is 0 Å². The van der Waals surface area contributed by atoms with E-state index in [1.165, 1.54) is 25.2 Å². The van der Waals surface area contributed by atoms with E-state index in [0.29, 0.717) is 12.5 Å². The lowest BCUT2D eigenvalue weighted by Crippen LogP contribution is -2.47. The summed E-state index contributed by atoms with van der Waals surface area (Å²) >= 11 is 6.09. The van der Waals surface area contributed by atoms with E-state index in [9.17, 15) is 5.11 Å². The van der Waals surface area contributed by atoms with Crippen LogP contribution in [0.1, 0.15) is 12.8 Å². The molecule has 5 heteroatoms. The predicted octanol–water partition coefficient (Wildman–Crippen LogP) is 2.17. The van der Waals surface area contributed by atoms with E-state index in [4.69, 9.17) is 11.6 Å². The molecule has 128 valence electrons. The Balaban J connectivity index is 1.35. The van der Waals surface area contributed by atoms with E-state index < -0.39 is 0 Å². The minimum Gasteiger partial charge on any atom is -0.396 e. The summed E-state index contributed by atoms with van der Waals surface area (Å²) in [6.07, 6.45) is 2.39. The highest BCUT2D eigenvalue weighted by molar-refractivity contribution is 6.30. The molecule has 2 saturated heterocycles. The molecule has 0 saturated carbocycles. The third-order valence-corrected chi connectivity index (χ3v) is 5.36. The van der Waals surface area contributed by atoms with Gasteiger partial charge in [-0.25, -0.2) is 0 Å². The van der Waals surface area contributed by atoms with Crippen LogP contribution in [0.2, 0.25) is 5.02 Å². The SMILES string of the molecule is OC[C@@H]1CCN(CCCN2CCN(c3cccc(Cl)c3)CC2)C1. The predicted molar refractivity (Wildman–Crippen MR) is 96.4 cm³/mol. The summed E-state index contributed by atoms with van der Waals surface area (Å²) in [4.78, 5) is 7.50. The van der Waals surface area contributed by atoms with Crippen molar-refractivity contribution in [3.8, 4) is 0 Å². The lowest BCUT2D eigenvalue weighted by Gasteiger charge is -2.36. The Bertz CT molecular complexity index is 491. The van der Waals surface area contributed by atoms with Crippen LogP contribution in [-0.4, -0.2) is 73.9 Å². The topological polar surface area (TPSA) is 30.0 Å². The molecule has 0 spiro atoms. The van der Waals surface area contributed by atoms with Crippen molar-refractivity contribution in [2.45, 2.75) is 12.8 Å². The highest BCUT2D eigenvalue weighted by Crippen LogP contribution is 2.21. The molecule has 1 aromatic carbocycles. The minimum atomic E-state index is 0.349. The Morgan fingerprint density at radius 2 is 1.83 bits per heavy atom. The number of hydrogen-bond donors (Lipinski definition) is 1. The number of piperazine rings is 1. The summed E-state index contributed by atoms with van der Waals surface area (Å²) in [5, 5.41) is 10.0. The van der Waals surface area contributed by atoms with Crippen LogP contribution in [0.3, 0.4) is 0 Å². The Morgan fingerprint density at radius 1 is 1.04 bits per heavy atom. The first-order valence-electron chi connectivity index (χ1n) is 8.80. The van der Waals surface area contributed by atoms with Crippen molar-refractivity contribution in [3.63, 3.8) is 0 Å². The minimum absolute atomic E-state index is 0.349.